The third-order valence-electron chi connectivity index (χ3n) is 2.41. The highest BCUT2D eigenvalue weighted by molar-refractivity contribution is 7.07. The Bertz CT molecular complexity index is 668. The molecule has 0 fully saturated rings. The number of nitrogens with one attached hydrogen (secondary N) is 1. The molecule has 1 N–H and O–H groups in total. The van der Waals surface area contributed by atoms with E-state index in [1.54, 1.807) is 28.8 Å². The summed E-state index contributed by atoms with van der Waals surface area (Å²) in [4.78, 5) is 27.5. The van der Waals surface area contributed by atoms with Gasteiger partial charge in [0.15, 0.2) is 4.80 Å². The molecule has 1 aromatic carbocycles. The molecular formula is C13H13N3O2S. The van der Waals surface area contributed by atoms with Gasteiger partial charge in [-0.05, 0) is 24.3 Å². The number of carbonyl (C=O) groups excluding carboxylic acids is 2. The average molecular weight is 275 g/mol. The molecule has 0 saturated carbocycles. The summed E-state index contributed by atoms with van der Waals surface area (Å²) in [7, 11) is 1.84. The van der Waals surface area contributed by atoms with Gasteiger partial charge in [0.2, 0.25) is 5.91 Å². The highest BCUT2D eigenvalue weighted by atomic mass is 32.1. The first kappa shape index (κ1) is 13.2. The molecule has 0 spiro atoms. The first-order valence-electron chi connectivity index (χ1n) is 5.63. The quantitative estimate of drug-likeness (QED) is 0.908. The number of aromatic nitrogens is 1. The van der Waals surface area contributed by atoms with Gasteiger partial charge < -0.3 is 9.88 Å². The predicted molar refractivity (Wildman–Crippen MR) is 73.9 cm³/mol. The molecule has 0 radical (unpaired) electrons. The first-order valence-corrected chi connectivity index (χ1v) is 6.51. The second-order valence-electron chi connectivity index (χ2n) is 3.97. The van der Waals surface area contributed by atoms with Crippen LogP contribution in [0.3, 0.4) is 0 Å². The van der Waals surface area contributed by atoms with Crippen molar-refractivity contribution in [1.82, 2.24) is 4.57 Å². The Kier molecular flexibility index (Phi) is 3.91. The average Bonchev–Trinajstić information content (AvgIpc) is 2.75. The lowest BCUT2D eigenvalue weighted by molar-refractivity contribution is -0.114. The van der Waals surface area contributed by atoms with Crippen molar-refractivity contribution in [3.63, 3.8) is 0 Å². The molecule has 1 heterocycles. The summed E-state index contributed by atoms with van der Waals surface area (Å²) >= 11 is 1.40. The molecule has 1 aromatic heterocycles. The number of anilines is 1. The van der Waals surface area contributed by atoms with Gasteiger partial charge in [0.1, 0.15) is 0 Å². The maximum absolute atomic E-state index is 11.9. The molecule has 0 aliphatic heterocycles. The molecule has 6 heteroatoms. The SMILES string of the molecule is CC(=O)Nc1ccc(C(=O)N=c2sccn2C)cc1. The van der Waals surface area contributed by atoms with Crippen molar-refractivity contribution in [3.05, 3.63) is 46.2 Å². The van der Waals surface area contributed by atoms with Crippen LogP contribution in [0.25, 0.3) is 0 Å². The van der Waals surface area contributed by atoms with E-state index in [1.165, 1.54) is 18.3 Å². The van der Waals surface area contributed by atoms with E-state index in [0.29, 0.717) is 16.1 Å². The van der Waals surface area contributed by atoms with Crippen LogP contribution in [0.4, 0.5) is 5.69 Å². The van der Waals surface area contributed by atoms with E-state index in [9.17, 15) is 9.59 Å². The Morgan fingerprint density at radius 2 is 1.95 bits per heavy atom. The highest BCUT2D eigenvalue weighted by Gasteiger charge is 2.04. The third kappa shape index (κ3) is 3.38. The lowest BCUT2D eigenvalue weighted by Crippen LogP contribution is -2.12. The summed E-state index contributed by atoms with van der Waals surface area (Å²) in [5, 5.41) is 4.51. The lowest BCUT2D eigenvalue weighted by atomic mass is 10.2. The summed E-state index contributed by atoms with van der Waals surface area (Å²) in [6.45, 7) is 1.44. The van der Waals surface area contributed by atoms with Gasteiger partial charge in [-0.1, -0.05) is 0 Å². The summed E-state index contributed by atoms with van der Waals surface area (Å²) in [6.07, 6.45) is 1.84. The fourth-order valence-corrected chi connectivity index (χ4v) is 2.21. The molecule has 0 aliphatic carbocycles. The molecular weight excluding hydrogens is 262 g/mol. The second-order valence-corrected chi connectivity index (χ2v) is 4.84. The number of hydrogen-bond donors (Lipinski definition) is 1. The van der Waals surface area contributed by atoms with Crippen molar-refractivity contribution in [1.29, 1.82) is 0 Å². The van der Waals surface area contributed by atoms with E-state index in [0.717, 1.165) is 0 Å². The maximum atomic E-state index is 11.9. The van der Waals surface area contributed by atoms with E-state index >= 15 is 0 Å². The van der Waals surface area contributed by atoms with Gasteiger partial charge in [-0.25, -0.2) is 0 Å². The van der Waals surface area contributed by atoms with Crippen LogP contribution in [0.5, 0.6) is 0 Å². The molecule has 0 aliphatic rings. The Balaban J connectivity index is 2.21. The van der Waals surface area contributed by atoms with Gasteiger partial charge in [-0.3, -0.25) is 9.59 Å². The maximum Gasteiger partial charge on any atom is 0.279 e. The van der Waals surface area contributed by atoms with Gasteiger partial charge in [0, 0.05) is 36.8 Å². The van der Waals surface area contributed by atoms with Crippen molar-refractivity contribution in [2.75, 3.05) is 5.32 Å². The van der Waals surface area contributed by atoms with Crippen LogP contribution in [-0.4, -0.2) is 16.4 Å². The van der Waals surface area contributed by atoms with Crippen LogP contribution in [0.15, 0.2) is 40.8 Å². The summed E-state index contributed by atoms with van der Waals surface area (Å²) in [6, 6.07) is 6.65. The molecule has 5 nitrogen and oxygen atoms in total. The molecule has 0 unspecified atom stereocenters. The minimum Gasteiger partial charge on any atom is -0.327 e. The van der Waals surface area contributed by atoms with E-state index < -0.39 is 0 Å². The Labute approximate surface area is 114 Å². The van der Waals surface area contributed by atoms with E-state index in [2.05, 4.69) is 10.3 Å². The fourth-order valence-electron chi connectivity index (χ4n) is 1.49. The second kappa shape index (κ2) is 5.62. The molecule has 2 amide bonds. The zero-order chi connectivity index (χ0) is 13.8. The zero-order valence-electron chi connectivity index (χ0n) is 10.6. The van der Waals surface area contributed by atoms with Crippen LogP contribution < -0.4 is 10.1 Å². The molecule has 0 saturated heterocycles. The van der Waals surface area contributed by atoms with Crippen molar-refractivity contribution < 1.29 is 9.59 Å². The van der Waals surface area contributed by atoms with E-state index in [4.69, 9.17) is 0 Å². The number of carbonyl (C=O) groups is 2. The highest BCUT2D eigenvalue weighted by Crippen LogP contribution is 2.10. The number of nitrogens with zero attached hydrogens (tertiary/aromatic N) is 2. The van der Waals surface area contributed by atoms with Crippen LogP contribution in [0.2, 0.25) is 0 Å². The summed E-state index contributed by atoms with van der Waals surface area (Å²) in [5.74, 6) is -0.443. The van der Waals surface area contributed by atoms with Crippen molar-refractivity contribution in [3.8, 4) is 0 Å². The molecule has 0 atom stereocenters. The molecule has 19 heavy (non-hydrogen) atoms. The van der Waals surface area contributed by atoms with E-state index in [1.807, 2.05) is 18.6 Å². The van der Waals surface area contributed by atoms with Gasteiger partial charge in [0.25, 0.3) is 5.91 Å². The lowest BCUT2D eigenvalue weighted by Gasteiger charge is -2.01. The third-order valence-corrected chi connectivity index (χ3v) is 3.26. The minimum absolute atomic E-state index is 0.144. The normalized spacial score (nSPS) is 11.4. The molecule has 98 valence electrons. The van der Waals surface area contributed by atoms with Gasteiger partial charge in [0.05, 0.1) is 0 Å². The molecule has 0 bridgehead atoms. The van der Waals surface area contributed by atoms with Crippen molar-refractivity contribution in [2.24, 2.45) is 12.0 Å². The van der Waals surface area contributed by atoms with Gasteiger partial charge in [-0.2, -0.15) is 4.99 Å². The minimum atomic E-state index is -0.299. The van der Waals surface area contributed by atoms with Gasteiger partial charge in [-0.15, -0.1) is 11.3 Å². The zero-order valence-corrected chi connectivity index (χ0v) is 11.4. The topological polar surface area (TPSA) is 63.5 Å². The Hall–Kier alpha value is -2.21. The smallest absolute Gasteiger partial charge is 0.279 e. The van der Waals surface area contributed by atoms with Gasteiger partial charge >= 0.3 is 0 Å². The number of thiazole rings is 1. The number of hydrogen-bond acceptors (Lipinski definition) is 3. The van der Waals surface area contributed by atoms with Crippen LogP contribution in [-0.2, 0) is 11.8 Å². The van der Waals surface area contributed by atoms with Crippen molar-refractivity contribution in [2.45, 2.75) is 6.92 Å². The largest absolute Gasteiger partial charge is 0.327 e. The van der Waals surface area contributed by atoms with E-state index in [-0.39, 0.29) is 11.8 Å². The van der Waals surface area contributed by atoms with Crippen LogP contribution >= 0.6 is 11.3 Å². The fraction of sp³-hybridized carbons (Fsp3) is 0.154. The number of aryl methyl sites for hydroxylation is 1. The number of benzene rings is 1. The summed E-state index contributed by atoms with van der Waals surface area (Å²) < 4.78 is 1.79. The predicted octanol–water partition coefficient (Wildman–Crippen LogP) is 1.79. The molecule has 2 rings (SSSR count). The Morgan fingerprint density at radius 3 is 2.47 bits per heavy atom. The van der Waals surface area contributed by atoms with Crippen molar-refractivity contribution >= 4 is 28.8 Å². The standard InChI is InChI=1S/C13H13N3O2S/c1-9(17)14-11-5-3-10(4-6-11)12(18)15-13-16(2)7-8-19-13/h3-8H,1-2H3,(H,14,17). The van der Waals surface area contributed by atoms with Crippen LogP contribution in [0, 0.1) is 0 Å². The Morgan fingerprint density at radius 1 is 1.26 bits per heavy atom. The first-order chi connectivity index (χ1) is 9.06. The van der Waals surface area contributed by atoms with Crippen LogP contribution in [0.1, 0.15) is 17.3 Å². The molecule has 2 aromatic rings. The monoisotopic (exact) mass is 275 g/mol. The summed E-state index contributed by atoms with van der Waals surface area (Å²) in [5.41, 5.74) is 1.15. The number of amides is 2. The number of rotatable bonds is 2.